The van der Waals surface area contributed by atoms with Gasteiger partial charge in [0.05, 0.1) is 35.7 Å². The van der Waals surface area contributed by atoms with E-state index in [0.717, 1.165) is 91.1 Å². The molecular formula is C28H30N8O2. The molecule has 0 amide bonds. The van der Waals surface area contributed by atoms with Crippen molar-refractivity contribution >= 4 is 27.9 Å². The first-order chi connectivity index (χ1) is 18.7. The monoisotopic (exact) mass is 510 g/mol. The molecule has 3 aromatic heterocycles. The molecular weight excluding hydrogens is 480 g/mol. The molecule has 0 spiro atoms. The van der Waals surface area contributed by atoms with E-state index in [9.17, 15) is 0 Å². The van der Waals surface area contributed by atoms with Crippen molar-refractivity contribution in [2.24, 2.45) is 0 Å². The molecule has 7 rings (SSSR count). The molecule has 0 bridgehead atoms. The van der Waals surface area contributed by atoms with E-state index in [1.54, 1.807) is 0 Å². The van der Waals surface area contributed by atoms with Gasteiger partial charge in [0, 0.05) is 24.7 Å². The van der Waals surface area contributed by atoms with Crippen LogP contribution in [0.1, 0.15) is 31.7 Å². The van der Waals surface area contributed by atoms with Crippen molar-refractivity contribution in [3.63, 3.8) is 0 Å². The molecule has 2 aromatic carbocycles. The van der Waals surface area contributed by atoms with Gasteiger partial charge in [0.15, 0.2) is 5.65 Å². The minimum Gasteiger partial charge on any atom is -0.426 e. The van der Waals surface area contributed by atoms with Gasteiger partial charge in [-0.25, -0.2) is 14.6 Å². The van der Waals surface area contributed by atoms with Gasteiger partial charge in [-0.15, -0.1) is 0 Å². The third-order valence-electron chi connectivity index (χ3n) is 7.78. The number of ether oxygens (including phenoxy) is 2. The van der Waals surface area contributed by atoms with Gasteiger partial charge in [0.2, 0.25) is 0 Å². The standard InChI is InChI=1S/C28H30N8O2/c29-26-24-25(18-6-11-22-23(16-18)33-28(32-22)38-21-4-2-1-3-5-21)34-36(27(24)31-17-30-26)20-9-7-19(8-10-20)35-12-14-37-15-13-35/h1-6,11,16-17,19-20H,7-10,12-15H2,(H,32,33)(H2,29,30,31). The topological polar surface area (TPSA) is 120 Å². The summed E-state index contributed by atoms with van der Waals surface area (Å²) in [6.07, 6.45) is 5.93. The van der Waals surface area contributed by atoms with Crippen molar-refractivity contribution in [1.82, 2.24) is 34.6 Å². The van der Waals surface area contributed by atoms with Crippen LogP contribution in [0.2, 0.25) is 0 Å². The molecule has 1 aliphatic heterocycles. The Morgan fingerprint density at radius 2 is 1.74 bits per heavy atom. The van der Waals surface area contributed by atoms with Gasteiger partial charge in [0.25, 0.3) is 6.01 Å². The van der Waals surface area contributed by atoms with Gasteiger partial charge in [-0.05, 0) is 49.9 Å². The highest BCUT2D eigenvalue weighted by atomic mass is 16.5. The van der Waals surface area contributed by atoms with Gasteiger partial charge in [-0.1, -0.05) is 24.3 Å². The Balaban J connectivity index is 1.19. The van der Waals surface area contributed by atoms with Crippen molar-refractivity contribution in [3.8, 4) is 23.0 Å². The van der Waals surface area contributed by atoms with Crippen LogP contribution >= 0.6 is 0 Å². The maximum absolute atomic E-state index is 6.39. The summed E-state index contributed by atoms with van der Waals surface area (Å²) in [6, 6.07) is 17.0. The van der Waals surface area contributed by atoms with E-state index in [-0.39, 0.29) is 6.04 Å². The second-order valence-electron chi connectivity index (χ2n) is 10.1. The van der Waals surface area contributed by atoms with Crippen molar-refractivity contribution in [2.45, 2.75) is 37.8 Å². The number of hydrogen-bond donors (Lipinski definition) is 2. The number of aromatic amines is 1. The Hall–Kier alpha value is -4.02. The average molecular weight is 511 g/mol. The molecule has 10 nitrogen and oxygen atoms in total. The summed E-state index contributed by atoms with van der Waals surface area (Å²) < 4.78 is 13.5. The summed E-state index contributed by atoms with van der Waals surface area (Å²) in [5.41, 5.74) is 10.6. The Bertz CT molecular complexity index is 1570. The van der Waals surface area contributed by atoms with Crippen LogP contribution in [0.15, 0.2) is 54.9 Å². The smallest absolute Gasteiger partial charge is 0.300 e. The number of benzene rings is 2. The van der Waals surface area contributed by atoms with E-state index in [4.69, 9.17) is 20.3 Å². The number of anilines is 1. The fraction of sp³-hybridized carbons (Fsp3) is 0.357. The summed E-state index contributed by atoms with van der Waals surface area (Å²) in [7, 11) is 0. The zero-order valence-electron chi connectivity index (χ0n) is 21.1. The molecule has 3 N–H and O–H groups in total. The molecule has 0 radical (unpaired) electrons. The Morgan fingerprint density at radius 1 is 0.947 bits per heavy atom. The minimum absolute atomic E-state index is 0.276. The lowest BCUT2D eigenvalue weighted by Crippen LogP contribution is -2.45. The summed E-state index contributed by atoms with van der Waals surface area (Å²) >= 11 is 0. The van der Waals surface area contributed by atoms with Gasteiger partial charge in [0.1, 0.15) is 23.6 Å². The Labute approximate surface area is 219 Å². The molecule has 10 heteroatoms. The number of morpholine rings is 1. The highest BCUT2D eigenvalue weighted by Crippen LogP contribution is 2.37. The van der Waals surface area contributed by atoms with E-state index in [1.807, 2.05) is 48.5 Å². The summed E-state index contributed by atoms with van der Waals surface area (Å²) in [5, 5.41) is 5.88. The number of hydrogen-bond acceptors (Lipinski definition) is 8. The lowest BCUT2D eigenvalue weighted by molar-refractivity contribution is 0.00520. The molecule has 194 valence electrons. The third-order valence-corrected chi connectivity index (χ3v) is 7.78. The minimum atomic E-state index is 0.276. The molecule has 2 fully saturated rings. The van der Waals surface area contributed by atoms with Crippen LogP contribution in [0.3, 0.4) is 0 Å². The van der Waals surface area contributed by atoms with Crippen molar-refractivity contribution in [3.05, 3.63) is 54.9 Å². The first-order valence-electron chi connectivity index (χ1n) is 13.3. The second kappa shape index (κ2) is 9.70. The van der Waals surface area contributed by atoms with Crippen LogP contribution < -0.4 is 10.5 Å². The molecule has 1 saturated carbocycles. The van der Waals surface area contributed by atoms with Crippen LogP contribution in [0.25, 0.3) is 33.3 Å². The number of imidazole rings is 1. The van der Waals surface area contributed by atoms with Crippen molar-refractivity contribution < 1.29 is 9.47 Å². The molecule has 38 heavy (non-hydrogen) atoms. The van der Waals surface area contributed by atoms with Crippen LogP contribution in [-0.4, -0.2) is 67.0 Å². The van der Waals surface area contributed by atoms with Crippen LogP contribution in [0, 0.1) is 0 Å². The zero-order valence-corrected chi connectivity index (χ0v) is 21.1. The van der Waals surface area contributed by atoms with Crippen molar-refractivity contribution in [1.29, 1.82) is 0 Å². The number of aromatic nitrogens is 6. The van der Waals surface area contributed by atoms with Gasteiger partial charge >= 0.3 is 0 Å². The molecule has 5 aromatic rings. The van der Waals surface area contributed by atoms with Gasteiger partial charge in [-0.3, -0.25) is 4.90 Å². The van der Waals surface area contributed by atoms with E-state index in [2.05, 4.69) is 29.5 Å². The lowest BCUT2D eigenvalue weighted by atomic mass is 9.90. The third kappa shape index (κ3) is 4.25. The number of fused-ring (bicyclic) bond motifs is 2. The molecule has 0 unspecified atom stereocenters. The maximum atomic E-state index is 6.39. The van der Waals surface area contributed by atoms with Crippen LogP contribution in [0.5, 0.6) is 11.8 Å². The van der Waals surface area contributed by atoms with E-state index < -0.39 is 0 Å². The number of nitrogen functional groups attached to an aromatic ring is 1. The molecule has 0 atom stereocenters. The predicted octanol–water partition coefficient (Wildman–Crippen LogP) is 4.56. The quantitative estimate of drug-likeness (QED) is 0.353. The average Bonchev–Trinajstić information content (AvgIpc) is 3.56. The van der Waals surface area contributed by atoms with Gasteiger partial charge < -0.3 is 20.2 Å². The molecule has 4 heterocycles. The second-order valence-corrected chi connectivity index (χ2v) is 10.1. The lowest BCUT2D eigenvalue weighted by Gasteiger charge is -2.38. The fourth-order valence-corrected chi connectivity index (χ4v) is 5.84. The summed E-state index contributed by atoms with van der Waals surface area (Å²) in [5.74, 6) is 1.17. The fourth-order valence-electron chi connectivity index (χ4n) is 5.84. The summed E-state index contributed by atoms with van der Waals surface area (Å²) in [6.45, 7) is 3.73. The largest absolute Gasteiger partial charge is 0.426 e. The first kappa shape index (κ1) is 23.1. The number of nitrogens with one attached hydrogen (secondary N) is 1. The molecule has 1 saturated heterocycles. The van der Waals surface area contributed by atoms with Gasteiger partial charge in [-0.2, -0.15) is 10.1 Å². The van der Waals surface area contributed by atoms with E-state index >= 15 is 0 Å². The number of H-pyrrole nitrogens is 1. The first-order valence-corrected chi connectivity index (χ1v) is 13.3. The molecule has 2 aliphatic rings. The predicted molar refractivity (Wildman–Crippen MR) is 145 cm³/mol. The highest BCUT2D eigenvalue weighted by Gasteiger charge is 2.30. The number of rotatable bonds is 5. The molecule has 1 aliphatic carbocycles. The van der Waals surface area contributed by atoms with Crippen molar-refractivity contribution in [2.75, 3.05) is 32.0 Å². The normalized spacial score (nSPS) is 20.7. The van der Waals surface area contributed by atoms with Crippen LogP contribution in [-0.2, 0) is 4.74 Å². The van der Waals surface area contributed by atoms with Crippen LogP contribution in [0.4, 0.5) is 5.82 Å². The SMILES string of the molecule is Nc1ncnc2c1c(-c1ccc3[nH]c(Oc4ccccc4)nc3c1)nn2C1CCC(N2CCOCC2)CC1. The maximum Gasteiger partial charge on any atom is 0.300 e. The number of nitrogens with two attached hydrogens (primary N) is 1. The van der Waals surface area contributed by atoms with E-state index in [1.165, 1.54) is 6.33 Å². The Morgan fingerprint density at radius 3 is 2.55 bits per heavy atom. The summed E-state index contributed by atoms with van der Waals surface area (Å²) in [4.78, 5) is 19.4. The Kier molecular flexibility index (Phi) is 5.90. The van der Waals surface area contributed by atoms with E-state index in [0.29, 0.717) is 17.9 Å². The zero-order chi connectivity index (χ0) is 25.5. The highest BCUT2D eigenvalue weighted by molar-refractivity contribution is 5.99. The number of nitrogens with zero attached hydrogens (tertiary/aromatic N) is 6. The number of para-hydroxylation sites is 1.